The molecule has 0 atom stereocenters. The Bertz CT molecular complexity index is 694. The van der Waals surface area contributed by atoms with E-state index in [1.165, 1.54) is 4.57 Å². The van der Waals surface area contributed by atoms with Crippen LogP contribution in [0.15, 0.2) is 41.3 Å². The molecule has 0 aliphatic carbocycles. The Morgan fingerprint density at radius 3 is 2.55 bits per heavy atom. The molecule has 0 aliphatic heterocycles. The predicted molar refractivity (Wildman–Crippen MR) is 78.0 cm³/mol. The lowest BCUT2D eigenvalue weighted by molar-refractivity contribution is -0.139. The predicted octanol–water partition coefficient (Wildman–Crippen LogP) is 3.69. The van der Waals surface area contributed by atoms with Gasteiger partial charge in [-0.05, 0) is 19.1 Å². The van der Waals surface area contributed by atoms with Crippen LogP contribution in [0.1, 0.15) is 12.0 Å². The molecular weight excluding hydrogens is 295 g/mol. The minimum atomic E-state index is -4.25. The van der Waals surface area contributed by atoms with Crippen molar-refractivity contribution in [2.45, 2.75) is 19.5 Å². The molecule has 0 amide bonds. The second-order valence-electron chi connectivity index (χ2n) is 5.04. The number of ether oxygens (including phenoxy) is 1. The molecule has 1 aromatic heterocycles. The summed E-state index contributed by atoms with van der Waals surface area (Å²) in [4.78, 5) is 11.7. The van der Waals surface area contributed by atoms with Crippen LogP contribution in [0.5, 0.6) is 5.75 Å². The molecule has 0 saturated heterocycles. The van der Waals surface area contributed by atoms with Crippen LogP contribution in [0, 0.1) is 6.92 Å². The Hall–Kier alpha value is -2.24. The number of aryl methyl sites for hydroxylation is 2. The monoisotopic (exact) mass is 311 g/mol. The van der Waals surface area contributed by atoms with E-state index in [9.17, 15) is 18.0 Å². The van der Waals surface area contributed by atoms with Crippen molar-refractivity contribution < 1.29 is 17.9 Å². The highest BCUT2D eigenvalue weighted by Gasteiger charge is 2.27. The molecule has 0 saturated carbocycles. The summed E-state index contributed by atoms with van der Waals surface area (Å²) in [5, 5.41) is 0. The second kappa shape index (κ2) is 6.25. The Morgan fingerprint density at radius 2 is 1.91 bits per heavy atom. The van der Waals surface area contributed by atoms with Crippen molar-refractivity contribution in [3.63, 3.8) is 0 Å². The van der Waals surface area contributed by atoms with Gasteiger partial charge in [0, 0.05) is 29.9 Å². The quantitative estimate of drug-likeness (QED) is 0.862. The second-order valence-corrected chi connectivity index (χ2v) is 5.04. The highest BCUT2D eigenvalue weighted by Crippen LogP contribution is 2.30. The SMILES string of the molecule is Cc1cc(-c2ccccc2OCCC(F)(F)F)cn(C)c1=O. The van der Waals surface area contributed by atoms with Gasteiger partial charge in [-0.25, -0.2) is 0 Å². The summed E-state index contributed by atoms with van der Waals surface area (Å²) in [6, 6.07) is 8.54. The minimum Gasteiger partial charge on any atom is -0.493 e. The van der Waals surface area contributed by atoms with Gasteiger partial charge in [-0.3, -0.25) is 4.79 Å². The van der Waals surface area contributed by atoms with Gasteiger partial charge in [-0.2, -0.15) is 13.2 Å². The molecule has 0 radical (unpaired) electrons. The van der Waals surface area contributed by atoms with Crippen LogP contribution in [0.3, 0.4) is 0 Å². The van der Waals surface area contributed by atoms with Crippen molar-refractivity contribution in [2.75, 3.05) is 6.61 Å². The molecule has 1 aromatic carbocycles. The van der Waals surface area contributed by atoms with Crippen LogP contribution in [0.4, 0.5) is 13.2 Å². The maximum Gasteiger partial charge on any atom is 0.392 e. The van der Waals surface area contributed by atoms with E-state index >= 15 is 0 Å². The number of aromatic nitrogens is 1. The highest BCUT2D eigenvalue weighted by molar-refractivity contribution is 5.70. The van der Waals surface area contributed by atoms with Crippen LogP contribution in [-0.2, 0) is 7.05 Å². The number of hydrogen-bond acceptors (Lipinski definition) is 2. The van der Waals surface area contributed by atoms with Crippen molar-refractivity contribution in [2.24, 2.45) is 7.05 Å². The summed E-state index contributed by atoms with van der Waals surface area (Å²) in [5.74, 6) is 0.366. The Labute approximate surface area is 126 Å². The first-order chi connectivity index (χ1) is 10.3. The smallest absolute Gasteiger partial charge is 0.392 e. The first-order valence-electron chi connectivity index (χ1n) is 6.74. The van der Waals surface area contributed by atoms with E-state index in [1.807, 2.05) is 0 Å². The van der Waals surface area contributed by atoms with Crippen molar-refractivity contribution >= 4 is 0 Å². The number of halogens is 3. The number of para-hydroxylation sites is 1. The first kappa shape index (κ1) is 16.1. The van der Waals surface area contributed by atoms with Crippen LogP contribution in [-0.4, -0.2) is 17.4 Å². The summed E-state index contributed by atoms with van der Waals surface area (Å²) < 4.78 is 43.4. The van der Waals surface area contributed by atoms with Crippen LogP contribution in [0.25, 0.3) is 11.1 Å². The standard InChI is InChI=1S/C16H16F3NO2/c1-11-9-12(10-20(2)15(11)21)13-5-3-4-6-14(13)22-8-7-16(17,18)19/h3-6,9-10H,7-8H2,1-2H3. The van der Waals surface area contributed by atoms with Gasteiger partial charge in [0.25, 0.3) is 5.56 Å². The third-order valence-corrected chi connectivity index (χ3v) is 3.20. The third-order valence-electron chi connectivity index (χ3n) is 3.20. The van der Waals surface area contributed by atoms with Gasteiger partial charge in [0.15, 0.2) is 0 Å². The maximum atomic E-state index is 12.2. The molecule has 1 heterocycles. The lowest BCUT2D eigenvalue weighted by atomic mass is 10.0. The molecule has 0 spiro atoms. The molecule has 0 unspecified atom stereocenters. The molecule has 0 N–H and O–H groups in total. The topological polar surface area (TPSA) is 31.2 Å². The average Bonchev–Trinajstić information content (AvgIpc) is 2.43. The first-order valence-corrected chi connectivity index (χ1v) is 6.74. The fraction of sp³-hybridized carbons (Fsp3) is 0.312. The number of benzene rings is 1. The highest BCUT2D eigenvalue weighted by atomic mass is 19.4. The zero-order valence-electron chi connectivity index (χ0n) is 12.3. The molecule has 0 fully saturated rings. The third kappa shape index (κ3) is 3.90. The number of alkyl halides is 3. The largest absolute Gasteiger partial charge is 0.493 e. The van der Waals surface area contributed by atoms with Crippen molar-refractivity contribution in [3.05, 3.63) is 52.4 Å². The lowest BCUT2D eigenvalue weighted by Gasteiger charge is -2.13. The van der Waals surface area contributed by atoms with Gasteiger partial charge in [-0.15, -0.1) is 0 Å². The fourth-order valence-electron chi connectivity index (χ4n) is 2.13. The summed E-state index contributed by atoms with van der Waals surface area (Å²) in [6.07, 6.45) is -3.61. The van der Waals surface area contributed by atoms with Gasteiger partial charge < -0.3 is 9.30 Å². The summed E-state index contributed by atoms with van der Waals surface area (Å²) in [6.45, 7) is 1.25. The number of nitrogens with zero attached hydrogens (tertiary/aromatic N) is 1. The fourth-order valence-corrected chi connectivity index (χ4v) is 2.13. The van der Waals surface area contributed by atoms with E-state index in [0.29, 0.717) is 16.9 Å². The molecule has 0 aliphatic rings. The number of pyridine rings is 1. The molecule has 0 bridgehead atoms. The lowest BCUT2D eigenvalue weighted by Crippen LogP contribution is -2.18. The molecule has 6 heteroatoms. The normalized spacial score (nSPS) is 11.5. The Morgan fingerprint density at radius 1 is 1.23 bits per heavy atom. The Balaban J connectivity index is 2.31. The molecule has 2 aromatic rings. The molecule has 118 valence electrons. The molecule has 2 rings (SSSR count). The van der Waals surface area contributed by atoms with Gasteiger partial charge in [0.2, 0.25) is 0 Å². The van der Waals surface area contributed by atoms with Gasteiger partial charge in [0.1, 0.15) is 5.75 Å². The van der Waals surface area contributed by atoms with E-state index in [4.69, 9.17) is 4.74 Å². The zero-order valence-corrected chi connectivity index (χ0v) is 12.3. The number of rotatable bonds is 4. The molecular formula is C16H16F3NO2. The van der Waals surface area contributed by atoms with E-state index in [-0.39, 0.29) is 5.56 Å². The number of hydrogen-bond donors (Lipinski definition) is 0. The summed E-state index contributed by atoms with van der Waals surface area (Å²) in [5.41, 5.74) is 1.83. The van der Waals surface area contributed by atoms with Crippen molar-refractivity contribution in [3.8, 4) is 16.9 Å². The van der Waals surface area contributed by atoms with E-state index < -0.39 is 19.2 Å². The van der Waals surface area contributed by atoms with Gasteiger partial charge in [-0.1, -0.05) is 18.2 Å². The van der Waals surface area contributed by atoms with E-state index in [0.717, 1.165) is 5.56 Å². The van der Waals surface area contributed by atoms with Gasteiger partial charge in [0.05, 0.1) is 13.0 Å². The Kier molecular flexibility index (Phi) is 4.59. The van der Waals surface area contributed by atoms with Crippen LogP contribution < -0.4 is 10.3 Å². The van der Waals surface area contributed by atoms with Crippen LogP contribution >= 0.6 is 0 Å². The average molecular weight is 311 g/mol. The van der Waals surface area contributed by atoms with Crippen molar-refractivity contribution in [1.29, 1.82) is 0 Å². The van der Waals surface area contributed by atoms with E-state index in [1.54, 1.807) is 50.5 Å². The summed E-state index contributed by atoms with van der Waals surface area (Å²) >= 11 is 0. The molecule has 22 heavy (non-hydrogen) atoms. The van der Waals surface area contributed by atoms with Crippen molar-refractivity contribution in [1.82, 2.24) is 4.57 Å². The maximum absolute atomic E-state index is 12.2. The van der Waals surface area contributed by atoms with E-state index in [2.05, 4.69) is 0 Å². The molecule has 3 nitrogen and oxygen atoms in total. The van der Waals surface area contributed by atoms with Crippen LogP contribution in [0.2, 0.25) is 0 Å². The van der Waals surface area contributed by atoms with Gasteiger partial charge >= 0.3 is 6.18 Å². The zero-order chi connectivity index (χ0) is 16.3. The summed E-state index contributed by atoms with van der Waals surface area (Å²) in [7, 11) is 1.63. The minimum absolute atomic E-state index is 0.112.